The number of amides is 1. The minimum absolute atomic E-state index is 0.162. The molecule has 3 aliphatic rings. The highest BCUT2D eigenvalue weighted by Crippen LogP contribution is 2.52. The average molecular weight is 380 g/mol. The monoisotopic (exact) mass is 380 g/mol. The molecule has 1 aromatic carbocycles. The van der Waals surface area contributed by atoms with Gasteiger partial charge >= 0.3 is 5.97 Å². The first kappa shape index (κ1) is 16.8. The van der Waals surface area contributed by atoms with Crippen molar-refractivity contribution >= 4 is 23.6 Å². The van der Waals surface area contributed by atoms with Gasteiger partial charge in [0.15, 0.2) is 5.60 Å². The van der Waals surface area contributed by atoms with Crippen LogP contribution in [0.4, 0.5) is 0 Å². The summed E-state index contributed by atoms with van der Waals surface area (Å²) in [6.07, 6.45) is 7.70. The van der Waals surface area contributed by atoms with Gasteiger partial charge in [0.1, 0.15) is 0 Å². The van der Waals surface area contributed by atoms with Crippen LogP contribution in [0.25, 0.3) is 0 Å². The highest BCUT2D eigenvalue weighted by atomic mass is 32.2. The number of benzene rings is 1. The molecule has 6 heteroatoms. The molecular weight excluding hydrogens is 360 g/mol. The van der Waals surface area contributed by atoms with Crippen LogP contribution in [0.15, 0.2) is 47.6 Å². The van der Waals surface area contributed by atoms with Crippen molar-refractivity contribution in [3.63, 3.8) is 0 Å². The van der Waals surface area contributed by atoms with Crippen LogP contribution in [0.3, 0.4) is 0 Å². The number of hydrogen-bond acceptors (Lipinski definition) is 5. The van der Waals surface area contributed by atoms with Gasteiger partial charge in [-0.15, -0.1) is 11.8 Å². The lowest BCUT2D eigenvalue weighted by Gasteiger charge is -2.27. The third kappa shape index (κ3) is 2.42. The molecule has 1 aromatic heterocycles. The molecule has 1 saturated carbocycles. The molecule has 1 spiro atoms. The Bertz CT molecular complexity index is 939. The zero-order chi connectivity index (χ0) is 18.6. The predicted octanol–water partition coefficient (Wildman–Crippen LogP) is 3.13. The van der Waals surface area contributed by atoms with E-state index in [-0.39, 0.29) is 11.9 Å². The lowest BCUT2D eigenvalue weighted by atomic mass is 9.92. The van der Waals surface area contributed by atoms with Gasteiger partial charge in [0.2, 0.25) is 5.91 Å². The number of carbonyl (C=O) groups is 2. The second-order valence-corrected chi connectivity index (χ2v) is 8.47. The Labute approximate surface area is 162 Å². The van der Waals surface area contributed by atoms with Crippen LogP contribution in [-0.2, 0) is 20.5 Å². The number of carbonyl (C=O) groups excluding carboxylic acids is 2. The van der Waals surface area contributed by atoms with Crippen LogP contribution < -0.4 is 0 Å². The molecule has 1 unspecified atom stereocenters. The first-order chi connectivity index (χ1) is 13.1. The summed E-state index contributed by atoms with van der Waals surface area (Å²) in [7, 11) is 0. The molecule has 2 fully saturated rings. The van der Waals surface area contributed by atoms with E-state index in [1.165, 1.54) is 4.90 Å². The molecule has 138 valence electrons. The number of likely N-dealkylation sites (tertiary alicyclic amines) is 1. The summed E-state index contributed by atoms with van der Waals surface area (Å²) in [5, 5.41) is 0. The maximum absolute atomic E-state index is 13.4. The van der Waals surface area contributed by atoms with E-state index >= 15 is 0 Å². The predicted molar refractivity (Wildman–Crippen MR) is 102 cm³/mol. The highest BCUT2D eigenvalue weighted by molar-refractivity contribution is 7.98. The van der Waals surface area contributed by atoms with E-state index in [9.17, 15) is 9.59 Å². The molecule has 5 rings (SSSR count). The fourth-order valence-corrected chi connectivity index (χ4v) is 4.87. The fraction of sp³-hybridized carbons (Fsp3) is 0.381. The van der Waals surface area contributed by atoms with Crippen molar-refractivity contribution in [2.45, 2.75) is 35.2 Å². The van der Waals surface area contributed by atoms with Crippen LogP contribution in [0, 0.1) is 0 Å². The van der Waals surface area contributed by atoms with E-state index in [4.69, 9.17) is 4.74 Å². The largest absolute Gasteiger partial charge is 0.449 e. The molecule has 2 aromatic rings. The van der Waals surface area contributed by atoms with Gasteiger partial charge in [0.05, 0.1) is 17.5 Å². The Morgan fingerprint density at radius 2 is 1.96 bits per heavy atom. The number of esters is 1. The number of pyridine rings is 1. The summed E-state index contributed by atoms with van der Waals surface area (Å²) in [6, 6.07) is 10.2. The zero-order valence-corrected chi connectivity index (χ0v) is 15.9. The number of thioether (sulfide) groups is 1. The lowest BCUT2D eigenvalue weighted by Crippen LogP contribution is -2.40. The first-order valence-electron chi connectivity index (χ1n) is 9.20. The first-order valence-corrected chi connectivity index (χ1v) is 10.4. The standard InChI is InChI=1S/C21H20N2O3S/c1-27-15-4-2-14(3-5-15)20(7-8-20)19(25)23-11-9-21(13-23)17-6-10-22-12-16(17)18(24)26-21/h2-6,10,12H,7-9,11,13H2,1H3. The maximum Gasteiger partial charge on any atom is 0.341 e. The molecule has 0 radical (unpaired) electrons. The topological polar surface area (TPSA) is 59.5 Å². The Hall–Kier alpha value is -2.34. The highest BCUT2D eigenvalue weighted by Gasteiger charge is 2.57. The van der Waals surface area contributed by atoms with Gasteiger partial charge in [-0.05, 0) is 42.9 Å². The van der Waals surface area contributed by atoms with Crippen molar-refractivity contribution in [2.24, 2.45) is 0 Å². The Balaban J connectivity index is 1.41. The quantitative estimate of drug-likeness (QED) is 0.605. The van der Waals surface area contributed by atoms with Crippen LogP contribution in [0.1, 0.15) is 40.7 Å². The summed E-state index contributed by atoms with van der Waals surface area (Å²) in [5.74, 6) is -0.170. The van der Waals surface area contributed by atoms with Crippen molar-refractivity contribution in [1.82, 2.24) is 9.88 Å². The normalized spacial score (nSPS) is 24.8. The van der Waals surface area contributed by atoms with Gasteiger partial charge < -0.3 is 9.64 Å². The molecule has 0 N–H and O–H groups in total. The Kier molecular flexibility index (Phi) is 3.63. The summed E-state index contributed by atoms with van der Waals surface area (Å²) in [4.78, 5) is 32.7. The average Bonchev–Trinajstić information content (AvgIpc) is 3.34. The summed E-state index contributed by atoms with van der Waals surface area (Å²) in [6.45, 7) is 1.04. The molecule has 5 nitrogen and oxygen atoms in total. The van der Waals surface area contributed by atoms with Crippen molar-refractivity contribution in [3.05, 3.63) is 59.4 Å². The second-order valence-electron chi connectivity index (χ2n) is 7.59. The van der Waals surface area contributed by atoms with E-state index < -0.39 is 11.0 Å². The van der Waals surface area contributed by atoms with E-state index in [0.717, 1.165) is 24.0 Å². The van der Waals surface area contributed by atoms with Crippen molar-refractivity contribution in [3.8, 4) is 0 Å². The SMILES string of the molecule is CSc1ccc(C2(C(=O)N3CCC4(C3)OC(=O)c3cnccc34)CC2)cc1. The number of nitrogens with zero attached hydrogens (tertiary/aromatic N) is 2. The second kappa shape index (κ2) is 5.83. The molecule has 1 atom stereocenters. The molecule has 1 amide bonds. The van der Waals surface area contributed by atoms with Crippen LogP contribution in [-0.4, -0.2) is 41.1 Å². The summed E-state index contributed by atoms with van der Waals surface area (Å²) >= 11 is 1.70. The van der Waals surface area contributed by atoms with Crippen LogP contribution in [0.2, 0.25) is 0 Å². The molecule has 27 heavy (non-hydrogen) atoms. The number of rotatable bonds is 3. The van der Waals surface area contributed by atoms with E-state index in [0.29, 0.717) is 25.1 Å². The summed E-state index contributed by atoms with van der Waals surface area (Å²) in [5.41, 5.74) is 1.39. The molecule has 1 aliphatic carbocycles. The molecule has 0 bridgehead atoms. The Morgan fingerprint density at radius 1 is 1.19 bits per heavy atom. The summed E-state index contributed by atoms with van der Waals surface area (Å²) < 4.78 is 5.75. The van der Waals surface area contributed by atoms with Gasteiger partial charge in [-0.2, -0.15) is 0 Å². The molecule has 2 aliphatic heterocycles. The van der Waals surface area contributed by atoms with Crippen molar-refractivity contribution in [2.75, 3.05) is 19.3 Å². The van der Waals surface area contributed by atoms with E-state index in [2.05, 4.69) is 29.2 Å². The van der Waals surface area contributed by atoms with Crippen molar-refractivity contribution < 1.29 is 14.3 Å². The number of aromatic nitrogens is 1. The van der Waals surface area contributed by atoms with Crippen LogP contribution in [0.5, 0.6) is 0 Å². The van der Waals surface area contributed by atoms with Crippen LogP contribution >= 0.6 is 11.8 Å². The van der Waals surface area contributed by atoms with Gasteiger partial charge in [-0.25, -0.2) is 4.79 Å². The number of fused-ring (bicyclic) bond motifs is 2. The van der Waals surface area contributed by atoms with Gasteiger partial charge in [0, 0.05) is 35.8 Å². The van der Waals surface area contributed by atoms with Gasteiger partial charge in [-0.3, -0.25) is 9.78 Å². The van der Waals surface area contributed by atoms with E-state index in [1.54, 1.807) is 24.2 Å². The number of hydrogen-bond donors (Lipinski definition) is 0. The fourth-order valence-electron chi connectivity index (χ4n) is 4.46. The molecule has 1 saturated heterocycles. The molecule has 3 heterocycles. The van der Waals surface area contributed by atoms with Gasteiger partial charge in [-0.1, -0.05) is 12.1 Å². The Morgan fingerprint density at radius 3 is 2.67 bits per heavy atom. The minimum Gasteiger partial charge on any atom is -0.449 e. The smallest absolute Gasteiger partial charge is 0.341 e. The third-order valence-corrected chi connectivity index (χ3v) is 6.88. The molecular formula is C21H20N2O3S. The number of ether oxygens (including phenoxy) is 1. The zero-order valence-electron chi connectivity index (χ0n) is 15.1. The van der Waals surface area contributed by atoms with Gasteiger partial charge in [0.25, 0.3) is 0 Å². The lowest BCUT2D eigenvalue weighted by molar-refractivity contribution is -0.134. The minimum atomic E-state index is -0.705. The third-order valence-electron chi connectivity index (χ3n) is 6.14. The van der Waals surface area contributed by atoms with E-state index in [1.807, 2.05) is 17.2 Å². The maximum atomic E-state index is 13.4. The van der Waals surface area contributed by atoms with Crippen molar-refractivity contribution in [1.29, 1.82) is 0 Å².